The molecule has 9 heavy (non-hydrogen) atoms. The van der Waals surface area contributed by atoms with Gasteiger partial charge in [0, 0.05) is 13.1 Å². The van der Waals surface area contributed by atoms with Crippen molar-refractivity contribution in [3.63, 3.8) is 0 Å². The summed E-state index contributed by atoms with van der Waals surface area (Å²) in [6, 6.07) is 0. The predicted octanol–water partition coefficient (Wildman–Crippen LogP) is 1.56. The maximum atomic E-state index is 12.6. The standard InChI is InChI=1S/C7H12FN/c1-2-7(8)9-5-3-4-6-9/h2,7H,1,3-6H2. The molecular formula is C7H12FN. The minimum Gasteiger partial charge on any atom is -0.271 e. The zero-order valence-electron chi connectivity index (χ0n) is 5.52. The molecule has 0 radical (unpaired) electrons. The second-order valence-corrected chi connectivity index (χ2v) is 2.35. The van der Waals surface area contributed by atoms with Crippen LogP contribution in [0.25, 0.3) is 0 Å². The maximum absolute atomic E-state index is 12.6. The Labute approximate surface area is 55.2 Å². The smallest absolute Gasteiger partial charge is 0.172 e. The van der Waals surface area contributed by atoms with Gasteiger partial charge >= 0.3 is 0 Å². The number of likely N-dealkylation sites (tertiary alicyclic amines) is 1. The molecule has 0 aromatic rings. The molecule has 0 N–H and O–H groups in total. The fourth-order valence-corrected chi connectivity index (χ4v) is 1.14. The summed E-state index contributed by atoms with van der Waals surface area (Å²) in [5.41, 5.74) is 0. The third kappa shape index (κ3) is 1.52. The molecule has 1 saturated heterocycles. The molecule has 0 spiro atoms. The van der Waals surface area contributed by atoms with Gasteiger partial charge in [0.2, 0.25) is 0 Å². The minimum absolute atomic E-state index is 0.896. The van der Waals surface area contributed by atoms with Crippen LogP contribution in [0.1, 0.15) is 12.8 Å². The van der Waals surface area contributed by atoms with Gasteiger partial charge in [-0.15, -0.1) is 0 Å². The first-order valence-corrected chi connectivity index (χ1v) is 3.35. The summed E-state index contributed by atoms with van der Waals surface area (Å²) >= 11 is 0. The molecule has 1 rings (SSSR count). The molecule has 1 aliphatic heterocycles. The highest BCUT2D eigenvalue weighted by atomic mass is 19.1. The molecule has 1 atom stereocenters. The summed E-state index contributed by atoms with van der Waals surface area (Å²) in [6.45, 7) is 5.18. The topological polar surface area (TPSA) is 3.24 Å². The normalized spacial score (nSPS) is 24.1. The van der Waals surface area contributed by atoms with Gasteiger partial charge in [-0.05, 0) is 18.9 Å². The lowest BCUT2D eigenvalue weighted by Crippen LogP contribution is -2.26. The van der Waals surface area contributed by atoms with Gasteiger partial charge in [0.25, 0.3) is 0 Å². The fraction of sp³-hybridized carbons (Fsp3) is 0.714. The molecule has 1 fully saturated rings. The second-order valence-electron chi connectivity index (χ2n) is 2.35. The third-order valence-electron chi connectivity index (χ3n) is 1.68. The Morgan fingerprint density at radius 2 is 2.00 bits per heavy atom. The van der Waals surface area contributed by atoms with Crippen LogP contribution in [0.5, 0.6) is 0 Å². The largest absolute Gasteiger partial charge is 0.271 e. The summed E-state index contributed by atoms with van der Waals surface area (Å²) < 4.78 is 12.6. The van der Waals surface area contributed by atoms with Gasteiger partial charge in [-0.25, -0.2) is 4.39 Å². The summed E-state index contributed by atoms with van der Waals surface area (Å²) in [5.74, 6) is 0. The van der Waals surface area contributed by atoms with Gasteiger partial charge in [-0.2, -0.15) is 0 Å². The van der Waals surface area contributed by atoms with Crippen molar-refractivity contribution in [1.29, 1.82) is 0 Å². The highest BCUT2D eigenvalue weighted by Crippen LogP contribution is 2.12. The van der Waals surface area contributed by atoms with Crippen LogP contribution in [0.3, 0.4) is 0 Å². The molecule has 1 heterocycles. The first kappa shape index (κ1) is 6.75. The minimum atomic E-state index is -0.910. The number of rotatable bonds is 2. The van der Waals surface area contributed by atoms with E-state index in [1.54, 1.807) is 4.90 Å². The van der Waals surface area contributed by atoms with Crippen LogP contribution in [0, 0.1) is 0 Å². The lowest BCUT2D eigenvalue weighted by atomic mass is 10.4. The Kier molecular flexibility index (Phi) is 2.22. The van der Waals surface area contributed by atoms with Crippen molar-refractivity contribution in [1.82, 2.24) is 4.90 Å². The average Bonchev–Trinajstić information content (AvgIpc) is 2.37. The summed E-state index contributed by atoms with van der Waals surface area (Å²) in [4.78, 5) is 1.80. The number of hydrogen-bond acceptors (Lipinski definition) is 1. The zero-order valence-corrected chi connectivity index (χ0v) is 5.52. The van der Waals surface area contributed by atoms with Crippen molar-refractivity contribution in [3.8, 4) is 0 Å². The lowest BCUT2D eigenvalue weighted by molar-refractivity contribution is 0.153. The molecule has 0 amide bonds. The number of nitrogens with zero attached hydrogens (tertiary/aromatic N) is 1. The molecule has 0 bridgehead atoms. The van der Waals surface area contributed by atoms with E-state index in [4.69, 9.17) is 0 Å². The van der Waals surface area contributed by atoms with Crippen molar-refractivity contribution in [2.75, 3.05) is 13.1 Å². The van der Waals surface area contributed by atoms with E-state index in [-0.39, 0.29) is 0 Å². The summed E-state index contributed by atoms with van der Waals surface area (Å²) in [7, 11) is 0. The van der Waals surface area contributed by atoms with Crippen molar-refractivity contribution in [2.45, 2.75) is 19.1 Å². The third-order valence-corrected chi connectivity index (χ3v) is 1.68. The van der Waals surface area contributed by atoms with Gasteiger partial charge in [0.1, 0.15) is 0 Å². The monoisotopic (exact) mass is 129 g/mol. The summed E-state index contributed by atoms with van der Waals surface area (Å²) in [6.07, 6.45) is 2.71. The molecule has 2 heteroatoms. The summed E-state index contributed by atoms with van der Waals surface area (Å²) in [5, 5.41) is 0. The van der Waals surface area contributed by atoms with Gasteiger partial charge in [-0.1, -0.05) is 6.58 Å². The lowest BCUT2D eigenvalue weighted by Gasteiger charge is -2.15. The van der Waals surface area contributed by atoms with E-state index in [1.807, 2.05) is 0 Å². The van der Waals surface area contributed by atoms with Gasteiger partial charge in [0.05, 0.1) is 0 Å². The Morgan fingerprint density at radius 3 is 2.44 bits per heavy atom. The van der Waals surface area contributed by atoms with Crippen LogP contribution in [0.4, 0.5) is 4.39 Å². The molecule has 1 aliphatic rings. The maximum Gasteiger partial charge on any atom is 0.172 e. The average molecular weight is 129 g/mol. The van der Waals surface area contributed by atoms with Crippen LogP contribution >= 0.6 is 0 Å². The van der Waals surface area contributed by atoms with E-state index < -0.39 is 6.30 Å². The van der Waals surface area contributed by atoms with Gasteiger partial charge in [-0.3, -0.25) is 4.90 Å². The van der Waals surface area contributed by atoms with E-state index in [2.05, 4.69) is 6.58 Å². The highest BCUT2D eigenvalue weighted by Gasteiger charge is 2.17. The van der Waals surface area contributed by atoms with Crippen LogP contribution in [0.2, 0.25) is 0 Å². The van der Waals surface area contributed by atoms with Gasteiger partial charge in [0.15, 0.2) is 6.30 Å². The number of halogens is 1. The molecule has 0 aromatic carbocycles. The SMILES string of the molecule is C=CC(F)N1CCCC1. The van der Waals surface area contributed by atoms with Gasteiger partial charge < -0.3 is 0 Å². The molecule has 0 aromatic heterocycles. The molecule has 1 nitrogen and oxygen atoms in total. The predicted molar refractivity (Wildman–Crippen MR) is 35.9 cm³/mol. The van der Waals surface area contributed by atoms with Crippen LogP contribution in [0.15, 0.2) is 12.7 Å². The Balaban J connectivity index is 2.32. The molecule has 0 aliphatic carbocycles. The first-order valence-electron chi connectivity index (χ1n) is 3.35. The van der Waals surface area contributed by atoms with E-state index in [9.17, 15) is 4.39 Å². The Hall–Kier alpha value is -0.370. The molecular weight excluding hydrogens is 117 g/mol. The molecule has 1 unspecified atom stereocenters. The van der Waals surface area contributed by atoms with E-state index >= 15 is 0 Å². The van der Waals surface area contributed by atoms with E-state index in [0.717, 1.165) is 25.9 Å². The quantitative estimate of drug-likeness (QED) is 0.404. The number of alkyl halides is 1. The van der Waals surface area contributed by atoms with Crippen LogP contribution < -0.4 is 0 Å². The molecule has 0 saturated carbocycles. The Bertz CT molecular complexity index is 97.1. The zero-order chi connectivity index (χ0) is 6.69. The fourth-order valence-electron chi connectivity index (χ4n) is 1.14. The van der Waals surface area contributed by atoms with Crippen molar-refractivity contribution in [2.24, 2.45) is 0 Å². The van der Waals surface area contributed by atoms with Crippen molar-refractivity contribution >= 4 is 0 Å². The first-order chi connectivity index (χ1) is 4.34. The van der Waals surface area contributed by atoms with Crippen molar-refractivity contribution in [3.05, 3.63) is 12.7 Å². The van der Waals surface area contributed by atoms with Crippen LogP contribution in [-0.4, -0.2) is 24.3 Å². The van der Waals surface area contributed by atoms with E-state index in [0.29, 0.717) is 0 Å². The molecule has 52 valence electrons. The van der Waals surface area contributed by atoms with Crippen LogP contribution in [-0.2, 0) is 0 Å². The van der Waals surface area contributed by atoms with Crippen molar-refractivity contribution < 1.29 is 4.39 Å². The highest BCUT2D eigenvalue weighted by molar-refractivity contribution is 4.81. The van der Waals surface area contributed by atoms with E-state index in [1.165, 1.54) is 6.08 Å². The number of hydrogen-bond donors (Lipinski definition) is 0. The second kappa shape index (κ2) is 2.97. The Morgan fingerprint density at radius 1 is 1.44 bits per heavy atom.